The van der Waals surface area contributed by atoms with Crippen LogP contribution in [-0.2, 0) is 16.0 Å². The molecule has 4 unspecified atom stereocenters. The summed E-state index contributed by atoms with van der Waals surface area (Å²) >= 11 is 0. The molecule has 2 N–H and O–H groups in total. The molecule has 1 amide bonds. The van der Waals surface area contributed by atoms with Gasteiger partial charge in [0.25, 0.3) is 0 Å². The molecule has 0 aromatic heterocycles. The lowest BCUT2D eigenvalue weighted by Gasteiger charge is -2.55. The molecule has 3 heterocycles. The molecule has 3 aliphatic heterocycles. The molecule has 0 spiro atoms. The first-order chi connectivity index (χ1) is 11.6. The number of fused-ring (bicyclic) bond motifs is 2. The third-order valence-electron chi connectivity index (χ3n) is 6.60. The number of nitrogens with zero attached hydrogens (tertiary/aromatic N) is 1. The van der Waals surface area contributed by atoms with Crippen molar-refractivity contribution >= 4 is 17.3 Å². The minimum Gasteiger partial charge on any atom is -0.356 e. The number of carbonyl (C=O) groups is 1. The molecule has 5 atom stereocenters. The van der Waals surface area contributed by atoms with E-state index >= 15 is 0 Å². The number of aryl methyl sites for hydroxylation is 1. The number of hydrogen-bond donors (Lipinski definition) is 2. The topological polar surface area (TPSA) is 62.7 Å². The van der Waals surface area contributed by atoms with E-state index < -0.39 is 0 Å². The Morgan fingerprint density at radius 1 is 1.29 bits per heavy atom. The molecule has 2 fully saturated rings. The zero-order valence-corrected chi connectivity index (χ0v) is 14.1. The minimum atomic E-state index is 0.0723. The molecule has 1 aromatic rings. The molecular formula is C19H23N3O2. The Kier molecular flexibility index (Phi) is 2.90. The highest BCUT2D eigenvalue weighted by atomic mass is 16.5. The lowest BCUT2D eigenvalue weighted by Crippen LogP contribution is -2.66. The number of amides is 1. The average Bonchev–Trinajstić information content (AvgIpc) is 3.26. The molecule has 1 aliphatic carbocycles. The van der Waals surface area contributed by atoms with Crippen molar-refractivity contribution in [2.24, 2.45) is 28.3 Å². The molecule has 0 bridgehead atoms. The molecule has 1 saturated carbocycles. The normalized spacial score (nSPS) is 39.6. The van der Waals surface area contributed by atoms with Gasteiger partial charge in [-0.2, -0.15) is 5.10 Å². The predicted octanol–water partition coefficient (Wildman–Crippen LogP) is 2.51. The van der Waals surface area contributed by atoms with Crippen molar-refractivity contribution in [3.63, 3.8) is 0 Å². The highest BCUT2D eigenvalue weighted by molar-refractivity contribution is 6.04. The summed E-state index contributed by atoms with van der Waals surface area (Å²) in [5.74, 6) is 2.01. The maximum Gasteiger partial charge on any atom is 0.224 e. The summed E-state index contributed by atoms with van der Waals surface area (Å²) in [5.41, 5.74) is 7.92. The van der Waals surface area contributed by atoms with Gasteiger partial charge in [-0.1, -0.05) is 19.9 Å². The molecule has 0 radical (unpaired) electrons. The zero-order chi connectivity index (χ0) is 16.5. The van der Waals surface area contributed by atoms with Crippen LogP contribution in [0, 0.1) is 23.2 Å². The van der Waals surface area contributed by atoms with Gasteiger partial charge in [-0.25, -0.2) is 0 Å². The fourth-order valence-corrected chi connectivity index (χ4v) is 4.90. The molecule has 1 aromatic carbocycles. The Bertz CT molecular complexity index is 759. The fourth-order valence-electron chi connectivity index (χ4n) is 4.90. The molecule has 5 heteroatoms. The van der Waals surface area contributed by atoms with Crippen LogP contribution in [0.1, 0.15) is 37.8 Å². The van der Waals surface area contributed by atoms with Crippen molar-refractivity contribution in [2.75, 3.05) is 11.9 Å². The monoisotopic (exact) mass is 325 g/mol. The van der Waals surface area contributed by atoms with Crippen LogP contribution in [0.2, 0.25) is 0 Å². The van der Waals surface area contributed by atoms with E-state index in [1.165, 1.54) is 17.5 Å². The van der Waals surface area contributed by atoms with Gasteiger partial charge in [-0.05, 0) is 47.9 Å². The predicted molar refractivity (Wildman–Crippen MR) is 91.7 cm³/mol. The average molecular weight is 325 g/mol. The van der Waals surface area contributed by atoms with Gasteiger partial charge in [0, 0.05) is 18.0 Å². The summed E-state index contributed by atoms with van der Waals surface area (Å²) in [7, 11) is 0. The maximum atomic E-state index is 11.5. The smallest absolute Gasteiger partial charge is 0.224 e. The number of anilines is 1. The zero-order valence-electron chi connectivity index (χ0n) is 14.1. The highest BCUT2D eigenvalue weighted by Gasteiger charge is 2.65. The molecule has 126 valence electrons. The molecule has 4 aliphatic rings. The van der Waals surface area contributed by atoms with Crippen molar-refractivity contribution in [1.29, 1.82) is 0 Å². The Labute approximate surface area is 141 Å². The number of benzene rings is 1. The Hall–Kier alpha value is -1.88. The number of hydrazone groups is 1. The number of rotatable bonds is 2. The highest BCUT2D eigenvalue weighted by Crippen LogP contribution is 2.61. The summed E-state index contributed by atoms with van der Waals surface area (Å²) in [6, 6.07) is 6.31. The van der Waals surface area contributed by atoms with Gasteiger partial charge in [-0.15, -0.1) is 0 Å². The van der Waals surface area contributed by atoms with E-state index in [-0.39, 0.29) is 17.6 Å². The van der Waals surface area contributed by atoms with E-state index in [1.54, 1.807) is 0 Å². The number of ether oxygens (including phenoxy) is 1. The molecule has 5 nitrogen and oxygen atoms in total. The maximum absolute atomic E-state index is 11.5. The second-order valence-electron chi connectivity index (χ2n) is 7.89. The van der Waals surface area contributed by atoms with E-state index in [9.17, 15) is 4.79 Å². The van der Waals surface area contributed by atoms with Crippen LogP contribution >= 0.6 is 0 Å². The molecular weight excluding hydrogens is 302 g/mol. The largest absolute Gasteiger partial charge is 0.356 e. The van der Waals surface area contributed by atoms with E-state index in [1.807, 2.05) is 6.07 Å². The van der Waals surface area contributed by atoms with Gasteiger partial charge in [0.1, 0.15) is 0 Å². The van der Waals surface area contributed by atoms with Gasteiger partial charge < -0.3 is 10.1 Å². The molecule has 1 saturated heterocycles. The van der Waals surface area contributed by atoms with Crippen molar-refractivity contribution in [1.82, 2.24) is 5.43 Å². The summed E-state index contributed by atoms with van der Waals surface area (Å²) in [6.45, 7) is 5.48. The Balaban J connectivity index is 1.50. The van der Waals surface area contributed by atoms with Crippen LogP contribution in [0.5, 0.6) is 0 Å². The number of carbonyl (C=O) groups excluding carboxylic acids is 1. The minimum absolute atomic E-state index is 0.0723. The van der Waals surface area contributed by atoms with Crippen LogP contribution in [0.25, 0.3) is 0 Å². The lowest BCUT2D eigenvalue weighted by molar-refractivity contribution is -0.232. The van der Waals surface area contributed by atoms with E-state index in [4.69, 9.17) is 4.74 Å². The van der Waals surface area contributed by atoms with E-state index in [2.05, 4.69) is 41.8 Å². The van der Waals surface area contributed by atoms with Gasteiger partial charge in [0.15, 0.2) is 6.23 Å². The van der Waals surface area contributed by atoms with Crippen molar-refractivity contribution in [3.8, 4) is 0 Å². The first kappa shape index (κ1) is 14.5. The Morgan fingerprint density at radius 3 is 2.83 bits per heavy atom. The van der Waals surface area contributed by atoms with E-state index in [0.717, 1.165) is 36.3 Å². The van der Waals surface area contributed by atoms with Gasteiger partial charge >= 0.3 is 0 Å². The summed E-state index contributed by atoms with van der Waals surface area (Å²) in [6.07, 6.45) is 2.75. The standard InChI is InChI=1S/C19H23N3O2/c1-10-7-14(10)19-9-24-18(19)22-21-17(11(19)2)13-3-5-15-12(8-13)4-6-16(23)20-15/h3,5,8,10-11,14,18,22H,4,6-7,9H2,1-2H3,(H,20,23)/t10?,11?,14-,18?,19?/m0/s1. The van der Waals surface area contributed by atoms with Gasteiger partial charge in [0.2, 0.25) is 5.91 Å². The van der Waals surface area contributed by atoms with Crippen molar-refractivity contribution in [3.05, 3.63) is 29.3 Å². The Morgan fingerprint density at radius 2 is 2.12 bits per heavy atom. The van der Waals surface area contributed by atoms with E-state index in [0.29, 0.717) is 12.3 Å². The summed E-state index contributed by atoms with van der Waals surface area (Å²) in [4.78, 5) is 11.5. The van der Waals surface area contributed by atoms with Crippen LogP contribution in [0.4, 0.5) is 5.69 Å². The first-order valence-electron chi connectivity index (χ1n) is 8.97. The summed E-state index contributed by atoms with van der Waals surface area (Å²) in [5, 5.41) is 7.62. The lowest BCUT2D eigenvalue weighted by atomic mass is 9.64. The third kappa shape index (κ3) is 1.85. The van der Waals surface area contributed by atoms with Gasteiger partial charge in [0.05, 0.1) is 17.7 Å². The van der Waals surface area contributed by atoms with Gasteiger partial charge in [-0.3, -0.25) is 10.2 Å². The quantitative estimate of drug-likeness (QED) is 0.878. The van der Waals surface area contributed by atoms with Crippen LogP contribution in [-0.4, -0.2) is 24.5 Å². The number of nitrogens with one attached hydrogen (secondary N) is 2. The van der Waals surface area contributed by atoms with Crippen LogP contribution in [0.3, 0.4) is 0 Å². The third-order valence-corrected chi connectivity index (χ3v) is 6.60. The first-order valence-corrected chi connectivity index (χ1v) is 8.97. The summed E-state index contributed by atoms with van der Waals surface area (Å²) < 4.78 is 5.78. The molecule has 24 heavy (non-hydrogen) atoms. The van der Waals surface area contributed by atoms with Crippen molar-refractivity contribution in [2.45, 2.75) is 39.3 Å². The second kappa shape index (κ2) is 4.82. The number of hydrogen-bond acceptors (Lipinski definition) is 4. The SMILES string of the molecule is CC1C[C@@H]1C12COC1NN=C(c1ccc3c(c1)CCC(=O)N3)C2C. The second-order valence-corrected chi connectivity index (χ2v) is 7.89. The molecule has 5 rings (SSSR count). The van der Waals surface area contributed by atoms with Crippen LogP contribution < -0.4 is 10.7 Å². The van der Waals surface area contributed by atoms with Crippen LogP contribution in [0.15, 0.2) is 23.3 Å². The fraction of sp³-hybridized carbons (Fsp3) is 0.579. The van der Waals surface area contributed by atoms with Crippen molar-refractivity contribution < 1.29 is 9.53 Å².